The smallest absolute Gasteiger partial charge is 0.123 e. The van der Waals surface area contributed by atoms with Crippen LogP contribution < -0.4 is 0 Å². The van der Waals surface area contributed by atoms with Gasteiger partial charge in [0.15, 0.2) is 0 Å². The third-order valence-corrected chi connectivity index (χ3v) is 2.87. The lowest BCUT2D eigenvalue weighted by Crippen LogP contribution is -1.79. The lowest BCUT2D eigenvalue weighted by atomic mass is 10.1. The zero-order chi connectivity index (χ0) is 10.8. The molecule has 1 nitrogen and oxygen atoms in total. The Bertz CT molecular complexity index is 495. The molecule has 0 amide bonds. The molecule has 0 aliphatic carbocycles. The van der Waals surface area contributed by atoms with Gasteiger partial charge in [-0.2, -0.15) is 0 Å². The van der Waals surface area contributed by atoms with Gasteiger partial charge in [0.1, 0.15) is 5.75 Å². The molecule has 0 saturated carbocycles. The summed E-state index contributed by atoms with van der Waals surface area (Å²) in [5.41, 5.74) is 1.60. The fourth-order valence-corrected chi connectivity index (χ4v) is 1.68. The Morgan fingerprint density at radius 1 is 0.867 bits per heavy atom. The number of benzene rings is 2. The van der Waals surface area contributed by atoms with Gasteiger partial charge in [-0.15, -0.1) is 0 Å². The van der Waals surface area contributed by atoms with E-state index in [0.717, 1.165) is 11.1 Å². The lowest BCUT2D eigenvalue weighted by Gasteiger charge is -2.05. The van der Waals surface area contributed by atoms with E-state index >= 15 is 0 Å². The number of aromatic hydroxyl groups is 1. The summed E-state index contributed by atoms with van der Waals surface area (Å²) >= 11 is 11.7. The van der Waals surface area contributed by atoms with Crippen LogP contribution >= 0.6 is 23.2 Å². The topological polar surface area (TPSA) is 20.2 Å². The molecule has 2 aromatic rings. The monoisotopic (exact) mass is 238 g/mol. The molecule has 0 bridgehead atoms. The maximum absolute atomic E-state index is 9.65. The van der Waals surface area contributed by atoms with E-state index < -0.39 is 0 Å². The number of para-hydroxylation sites is 1. The first kappa shape index (κ1) is 10.3. The van der Waals surface area contributed by atoms with Gasteiger partial charge in [0.2, 0.25) is 0 Å². The van der Waals surface area contributed by atoms with E-state index in [1.54, 1.807) is 24.3 Å². The lowest BCUT2D eigenvalue weighted by molar-refractivity contribution is 0.477. The van der Waals surface area contributed by atoms with Crippen molar-refractivity contribution in [1.29, 1.82) is 0 Å². The molecule has 0 atom stereocenters. The Morgan fingerprint density at radius 2 is 1.60 bits per heavy atom. The third-order valence-electron chi connectivity index (χ3n) is 2.13. The third kappa shape index (κ3) is 2.09. The highest BCUT2D eigenvalue weighted by atomic mass is 35.5. The van der Waals surface area contributed by atoms with Crippen LogP contribution in [0.4, 0.5) is 0 Å². The number of hydrogen-bond acceptors (Lipinski definition) is 1. The average molecular weight is 239 g/mol. The second-order valence-electron chi connectivity index (χ2n) is 3.15. The highest BCUT2D eigenvalue weighted by molar-refractivity contribution is 6.42. The minimum absolute atomic E-state index is 0.232. The number of phenols is 1. The predicted molar refractivity (Wildman–Crippen MR) is 63.6 cm³/mol. The van der Waals surface area contributed by atoms with E-state index in [9.17, 15) is 5.11 Å². The van der Waals surface area contributed by atoms with Crippen LogP contribution in [0.5, 0.6) is 5.75 Å². The van der Waals surface area contributed by atoms with Crippen molar-refractivity contribution in [2.24, 2.45) is 0 Å². The molecule has 0 aliphatic rings. The second-order valence-corrected chi connectivity index (χ2v) is 3.96. The summed E-state index contributed by atoms with van der Waals surface area (Å²) in [7, 11) is 0. The summed E-state index contributed by atoms with van der Waals surface area (Å²) in [6.45, 7) is 0. The van der Waals surface area contributed by atoms with Gasteiger partial charge < -0.3 is 5.11 Å². The van der Waals surface area contributed by atoms with Crippen LogP contribution in [-0.4, -0.2) is 5.11 Å². The number of phenolic OH excluding ortho intramolecular Hbond substituents is 1. The van der Waals surface area contributed by atoms with Crippen molar-refractivity contribution in [2.45, 2.75) is 0 Å². The van der Waals surface area contributed by atoms with Crippen LogP contribution in [0, 0.1) is 0 Å². The summed E-state index contributed by atoms with van der Waals surface area (Å²) in [5.74, 6) is 0.232. The Labute approximate surface area is 97.9 Å². The van der Waals surface area contributed by atoms with E-state index in [0.29, 0.717) is 10.0 Å². The van der Waals surface area contributed by atoms with Gasteiger partial charge in [0.05, 0.1) is 10.0 Å². The van der Waals surface area contributed by atoms with Crippen molar-refractivity contribution in [3.8, 4) is 16.9 Å². The summed E-state index contributed by atoms with van der Waals surface area (Å²) in [4.78, 5) is 0. The molecule has 3 heteroatoms. The second kappa shape index (κ2) is 4.13. The highest BCUT2D eigenvalue weighted by Gasteiger charge is 2.05. The standard InChI is InChI=1S/C12H8Cl2O/c13-10-6-5-8(7-11(10)14)9-3-1-2-4-12(9)15/h1-7,15H. The van der Waals surface area contributed by atoms with Gasteiger partial charge in [-0.1, -0.05) is 47.5 Å². The number of rotatable bonds is 1. The fraction of sp³-hybridized carbons (Fsp3) is 0. The SMILES string of the molecule is Oc1ccccc1-c1ccc(Cl)c(Cl)c1. The van der Waals surface area contributed by atoms with Gasteiger partial charge in [0.25, 0.3) is 0 Å². The molecule has 76 valence electrons. The van der Waals surface area contributed by atoms with Crippen LogP contribution in [-0.2, 0) is 0 Å². The average Bonchev–Trinajstić information content (AvgIpc) is 2.23. The zero-order valence-corrected chi connectivity index (χ0v) is 9.26. The van der Waals surface area contributed by atoms with Crippen molar-refractivity contribution in [1.82, 2.24) is 0 Å². The molecular weight excluding hydrogens is 231 g/mol. The summed E-state index contributed by atoms with van der Waals surface area (Å²) < 4.78 is 0. The summed E-state index contributed by atoms with van der Waals surface area (Å²) in [5, 5.41) is 10.6. The first-order chi connectivity index (χ1) is 7.18. The van der Waals surface area contributed by atoms with Crippen molar-refractivity contribution in [3.05, 3.63) is 52.5 Å². The molecule has 0 spiro atoms. The van der Waals surface area contributed by atoms with E-state index in [2.05, 4.69) is 0 Å². The van der Waals surface area contributed by atoms with Gasteiger partial charge in [-0.25, -0.2) is 0 Å². The molecule has 1 N–H and O–H groups in total. The van der Waals surface area contributed by atoms with E-state index in [4.69, 9.17) is 23.2 Å². The Hall–Kier alpha value is -1.18. The normalized spacial score (nSPS) is 10.3. The van der Waals surface area contributed by atoms with Gasteiger partial charge in [-0.3, -0.25) is 0 Å². The van der Waals surface area contributed by atoms with E-state index in [1.165, 1.54) is 0 Å². The van der Waals surface area contributed by atoms with Gasteiger partial charge in [0, 0.05) is 5.56 Å². The summed E-state index contributed by atoms with van der Waals surface area (Å²) in [6.07, 6.45) is 0. The molecule has 0 aromatic heterocycles. The van der Waals surface area contributed by atoms with Crippen molar-refractivity contribution < 1.29 is 5.11 Å². The molecule has 0 saturated heterocycles. The van der Waals surface area contributed by atoms with Crippen LogP contribution in [0.1, 0.15) is 0 Å². The van der Waals surface area contributed by atoms with Crippen molar-refractivity contribution >= 4 is 23.2 Å². The number of hydrogen-bond donors (Lipinski definition) is 1. The molecule has 0 aliphatic heterocycles. The van der Waals surface area contributed by atoms with Gasteiger partial charge in [-0.05, 0) is 23.8 Å². The molecule has 2 rings (SSSR count). The van der Waals surface area contributed by atoms with E-state index in [1.807, 2.05) is 18.2 Å². The molecule has 15 heavy (non-hydrogen) atoms. The van der Waals surface area contributed by atoms with Gasteiger partial charge >= 0.3 is 0 Å². The molecule has 0 heterocycles. The number of halogens is 2. The fourth-order valence-electron chi connectivity index (χ4n) is 1.38. The first-order valence-corrected chi connectivity index (χ1v) is 5.17. The van der Waals surface area contributed by atoms with Crippen LogP contribution in [0.15, 0.2) is 42.5 Å². The minimum Gasteiger partial charge on any atom is -0.507 e. The summed E-state index contributed by atoms with van der Waals surface area (Å²) in [6, 6.07) is 12.4. The predicted octanol–water partition coefficient (Wildman–Crippen LogP) is 4.37. The first-order valence-electron chi connectivity index (χ1n) is 4.42. The molecule has 2 aromatic carbocycles. The van der Waals surface area contributed by atoms with Crippen molar-refractivity contribution in [3.63, 3.8) is 0 Å². The molecule has 0 radical (unpaired) electrons. The molecule has 0 fully saturated rings. The Morgan fingerprint density at radius 3 is 2.27 bits per heavy atom. The quantitative estimate of drug-likeness (QED) is 0.783. The van der Waals surface area contributed by atoms with Crippen molar-refractivity contribution in [2.75, 3.05) is 0 Å². The Balaban J connectivity index is 2.55. The largest absolute Gasteiger partial charge is 0.507 e. The van der Waals surface area contributed by atoms with Crippen LogP contribution in [0.25, 0.3) is 11.1 Å². The maximum atomic E-state index is 9.65. The minimum atomic E-state index is 0.232. The van der Waals surface area contributed by atoms with Crippen LogP contribution in [0.2, 0.25) is 10.0 Å². The zero-order valence-electron chi connectivity index (χ0n) is 7.74. The van der Waals surface area contributed by atoms with E-state index in [-0.39, 0.29) is 5.75 Å². The molecular formula is C12H8Cl2O. The van der Waals surface area contributed by atoms with Crippen LogP contribution in [0.3, 0.4) is 0 Å². The molecule has 0 unspecified atom stereocenters. The highest BCUT2D eigenvalue weighted by Crippen LogP contribution is 2.32. The Kier molecular flexibility index (Phi) is 2.85. The maximum Gasteiger partial charge on any atom is 0.123 e.